The van der Waals surface area contributed by atoms with E-state index in [1.54, 1.807) is 37.4 Å². The van der Waals surface area contributed by atoms with Gasteiger partial charge in [0, 0.05) is 61.1 Å². The number of carbonyl (C=O) groups excluding carboxylic acids is 4. The first-order chi connectivity index (χ1) is 31.1. The number of carboxylic acids is 1. The molecular formula is C48H54N8O8S. The molecule has 0 saturated carbocycles. The van der Waals surface area contributed by atoms with Crippen LogP contribution in [0.3, 0.4) is 0 Å². The molecule has 8 N–H and O–H groups in total. The van der Waals surface area contributed by atoms with E-state index < -0.39 is 46.2 Å². The lowest BCUT2D eigenvalue weighted by Crippen LogP contribution is -2.43. The number of aromatic amines is 2. The van der Waals surface area contributed by atoms with Crippen LogP contribution in [0.5, 0.6) is 0 Å². The smallest absolute Gasteiger partial charge is 0.335 e. The molecule has 0 radical (unpaired) electrons. The number of nitrogens with zero attached hydrogens (tertiary/aromatic N) is 2. The van der Waals surface area contributed by atoms with Gasteiger partial charge in [-0.2, -0.15) is 0 Å². The van der Waals surface area contributed by atoms with Crippen LogP contribution < -0.4 is 21.1 Å². The molecule has 0 spiro atoms. The minimum Gasteiger partial charge on any atom is -0.478 e. The van der Waals surface area contributed by atoms with Gasteiger partial charge in [-0.3, -0.25) is 24.1 Å². The number of sulfonamides is 1. The van der Waals surface area contributed by atoms with Crippen LogP contribution in [0.4, 0.5) is 11.5 Å². The van der Waals surface area contributed by atoms with Crippen LogP contribution in [0, 0.1) is 0 Å². The van der Waals surface area contributed by atoms with Gasteiger partial charge < -0.3 is 36.3 Å². The Morgan fingerprint density at radius 3 is 2.09 bits per heavy atom. The predicted molar refractivity (Wildman–Crippen MR) is 249 cm³/mol. The second kappa shape index (κ2) is 21.5. The van der Waals surface area contributed by atoms with Crippen molar-refractivity contribution >= 4 is 62.0 Å². The van der Waals surface area contributed by atoms with E-state index in [1.807, 2.05) is 66.7 Å². The van der Waals surface area contributed by atoms with Crippen molar-refractivity contribution in [3.63, 3.8) is 0 Å². The maximum Gasteiger partial charge on any atom is 0.335 e. The first-order valence-electron chi connectivity index (χ1n) is 21.3. The number of hydrogen-bond acceptors (Lipinski definition) is 8. The molecule has 0 aliphatic heterocycles. The Morgan fingerprint density at radius 1 is 0.769 bits per heavy atom. The second-order valence-corrected chi connectivity index (χ2v) is 17.5. The number of H-pyrrole nitrogens is 2. The number of hydrogen-bond donors (Lipinski definition) is 7. The molecule has 16 nitrogen and oxygen atoms in total. The van der Waals surface area contributed by atoms with Crippen LogP contribution in [0.15, 0.2) is 114 Å². The zero-order valence-electron chi connectivity index (χ0n) is 36.5. The topological polar surface area (TPSA) is 240 Å². The van der Waals surface area contributed by atoms with E-state index in [9.17, 15) is 32.4 Å². The first-order valence-corrected chi connectivity index (χ1v) is 22.8. The van der Waals surface area contributed by atoms with Crippen molar-refractivity contribution in [3.05, 3.63) is 148 Å². The van der Waals surface area contributed by atoms with Crippen LogP contribution in [0.25, 0.3) is 10.9 Å². The number of para-hydroxylation sites is 1. The zero-order valence-corrected chi connectivity index (χ0v) is 37.3. The average Bonchev–Trinajstić information content (AvgIpc) is 3.95. The molecule has 65 heavy (non-hydrogen) atoms. The van der Waals surface area contributed by atoms with Gasteiger partial charge in [-0.25, -0.2) is 17.9 Å². The standard InChI is InChI=1S/C48H54N8O8S/c1-4-37(5-2)56(25-24-55(3)42(57)29-51-65(63,64)38-27-41(44(49)58)50-28-38)30-33-12-9-13-35(26-33)46(59)54-45-43(39-14-6-7-15-40(39)53-45)47(60)52-36-22-18-32(19-23-36)11-8-10-31-16-20-34(21-17-31)48(61)62/h6-7,9,12-23,26-28,37,50-51,53H,4-5,8,10-11,24-25,29-30H2,1-3H3,(H2,49,58)(H,52,60)(H,54,59)(H,61,62). The van der Waals surface area contributed by atoms with E-state index in [1.165, 1.54) is 4.90 Å². The summed E-state index contributed by atoms with van der Waals surface area (Å²) in [4.78, 5) is 72.5. The number of nitrogens with two attached hydrogens (primary N) is 1. The number of anilines is 2. The van der Waals surface area contributed by atoms with Crippen molar-refractivity contribution in [3.8, 4) is 0 Å². The van der Waals surface area contributed by atoms with E-state index in [0.717, 1.165) is 61.1 Å². The summed E-state index contributed by atoms with van der Waals surface area (Å²) in [6.07, 6.45) is 5.27. The van der Waals surface area contributed by atoms with Crippen molar-refractivity contribution in [2.24, 2.45) is 5.73 Å². The molecule has 0 fully saturated rings. The highest BCUT2D eigenvalue weighted by Gasteiger charge is 2.24. The number of benzene rings is 4. The Kier molecular flexibility index (Phi) is 15.7. The Balaban J connectivity index is 1.07. The fourth-order valence-electron chi connectivity index (χ4n) is 7.61. The molecule has 2 heterocycles. The van der Waals surface area contributed by atoms with Gasteiger partial charge in [0.2, 0.25) is 15.9 Å². The third kappa shape index (κ3) is 12.3. The van der Waals surface area contributed by atoms with Crippen molar-refractivity contribution in [1.29, 1.82) is 0 Å². The lowest BCUT2D eigenvalue weighted by Gasteiger charge is -2.32. The number of aromatic carboxylic acids is 1. The molecule has 6 aromatic rings. The lowest BCUT2D eigenvalue weighted by molar-refractivity contribution is -0.128. The number of carbonyl (C=O) groups is 5. The van der Waals surface area contributed by atoms with E-state index in [0.29, 0.717) is 41.8 Å². The molecule has 0 bridgehead atoms. The molecule has 4 aromatic carbocycles. The van der Waals surface area contributed by atoms with E-state index in [4.69, 9.17) is 10.8 Å². The molecule has 0 saturated heterocycles. The minimum absolute atomic E-state index is 0.0703. The summed E-state index contributed by atoms with van der Waals surface area (Å²) in [6, 6.07) is 30.3. The molecule has 0 atom stereocenters. The van der Waals surface area contributed by atoms with Crippen molar-refractivity contribution in [1.82, 2.24) is 24.5 Å². The van der Waals surface area contributed by atoms with Crippen molar-refractivity contribution in [2.75, 3.05) is 37.3 Å². The lowest BCUT2D eigenvalue weighted by atomic mass is 10.0. The summed E-state index contributed by atoms with van der Waals surface area (Å²) < 4.78 is 27.7. The number of aryl methyl sites for hydroxylation is 2. The maximum atomic E-state index is 13.9. The summed E-state index contributed by atoms with van der Waals surface area (Å²) in [5.74, 6) is -2.77. The van der Waals surface area contributed by atoms with Gasteiger partial charge in [-0.15, -0.1) is 0 Å². The summed E-state index contributed by atoms with van der Waals surface area (Å²) >= 11 is 0. The quantitative estimate of drug-likeness (QED) is 0.0398. The number of rotatable bonds is 22. The largest absolute Gasteiger partial charge is 0.478 e. The number of aromatic nitrogens is 2. The number of primary amides is 1. The maximum absolute atomic E-state index is 13.9. The van der Waals surface area contributed by atoms with E-state index >= 15 is 0 Å². The molecular weight excluding hydrogens is 849 g/mol. The third-order valence-corrected chi connectivity index (χ3v) is 12.7. The predicted octanol–water partition coefficient (Wildman–Crippen LogP) is 6.40. The molecule has 340 valence electrons. The third-order valence-electron chi connectivity index (χ3n) is 11.3. The highest BCUT2D eigenvalue weighted by atomic mass is 32.2. The fraction of sp³-hybridized carbons (Fsp3) is 0.271. The summed E-state index contributed by atoms with van der Waals surface area (Å²) in [5, 5.41) is 15.7. The Bertz CT molecular complexity index is 2760. The monoisotopic (exact) mass is 902 g/mol. The highest BCUT2D eigenvalue weighted by molar-refractivity contribution is 7.89. The van der Waals surface area contributed by atoms with Crippen molar-refractivity contribution in [2.45, 2.75) is 63.4 Å². The first kappa shape index (κ1) is 47.4. The van der Waals surface area contributed by atoms with Crippen LogP contribution >= 0.6 is 0 Å². The molecule has 0 unspecified atom stereocenters. The van der Waals surface area contributed by atoms with Gasteiger partial charge in [-0.1, -0.05) is 68.4 Å². The van der Waals surface area contributed by atoms with Crippen LogP contribution in [0.2, 0.25) is 0 Å². The summed E-state index contributed by atoms with van der Waals surface area (Å²) in [5.41, 5.74) is 10.4. The average molecular weight is 903 g/mol. The SMILES string of the molecule is CCC(CC)N(CCN(C)C(=O)CNS(=O)(=O)c1c[nH]c(C(N)=O)c1)Cc1cccc(C(=O)Nc2[nH]c3ccccc3c2C(=O)Nc2ccc(CCCc3ccc(C(=O)O)cc3)cc2)c1. The van der Waals surface area contributed by atoms with Crippen LogP contribution in [0.1, 0.15) is 91.4 Å². The molecule has 4 amide bonds. The Hall–Kier alpha value is -7.08. The Morgan fingerprint density at radius 2 is 1.45 bits per heavy atom. The molecule has 0 aliphatic rings. The van der Waals surface area contributed by atoms with Gasteiger partial charge in [-0.05, 0) is 97.3 Å². The van der Waals surface area contributed by atoms with E-state index in [2.05, 4.69) is 44.1 Å². The van der Waals surface area contributed by atoms with Crippen LogP contribution in [-0.2, 0) is 34.2 Å². The minimum atomic E-state index is -4.08. The van der Waals surface area contributed by atoms with Gasteiger partial charge in [0.05, 0.1) is 17.7 Å². The molecule has 0 aliphatic carbocycles. The molecule has 17 heteroatoms. The number of fused-ring (bicyclic) bond motifs is 1. The molecule has 6 rings (SSSR count). The van der Waals surface area contributed by atoms with Crippen molar-refractivity contribution < 1.29 is 37.5 Å². The second-order valence-electron chi connectivity index (χ2n) is 15.8. The number of nitrogens with one attached hydrogen (secondary N) is 5. The Labute approximate surface area is 377 Å². The highest BCUT2D eigenvalue weighted by Crippen LogP contribution is 2.28. The molecule has 2 aromatic heterocycles. The fourth-order valence-corrected chi connectivity index (χ4v) is 8.57. The van der Waals surface area contributed by atoms with Gasteiger partial charge in [0.25, 0.3) is 17.7 Å². The number of likely N-dealkylation sites (N-methyl/N-ethyl adjacent to an activating group) is 1. The summed E-state index contributed by atoms with van der Waals surface area (Å²) in [6.45, 7) is 4.93. The van der Waals surface area contributed by atoms with Gasteiger partial charge in [0.15, 0.2) is 0 Å². The van der Waals surface area contributed by atoms with Gasteiger partial charge in [0.1, 0.15) is 16.4 Å². The van der Waals surface area contributed by atoms with E-state index in [-0.39, 0.29) is 33.6 Å². The number of carboxylic acid groups (broad SMARTS) is 1. The number of amides is 4. The zero-order chi connectivity index (χ0) is 46.7. The van der Waals surface area contributed by atoms with Crippen LogP contribution in [-0.4, -0.2) is 95.6 Å². The van der Waals surface area contributed by atoms with Gasteiger partial charge >= 0.3 is 5.97 Å². The normalized spacial score (nSPS) is 11.5. The summed E-state index contributed by atoms with van der Waals surface area (Å²) in [7, 11) is -2.48.